The molecule has 0 spiro atoms. The van der Waals surface area contributed by atoms with Crippen LogP contribution in [0.5, 0.6) is 0 Å². The fourth-order valence-electron chi connectivity index (χ4n) is 8.33. The van der Waals surface area contributed by atoms with Gasteiger partial charge in [-0.3, -0.25) is 4.55 Å². The second-order valence-electron chi connectivity index (χ2n) is 14.5. The number of nitrogens with zero attached hydrogens (tertiary/aromatic N) is 2. The van der Waals surface area contributed by atoms with Crippen LogP contribution in [0, 0.1) is 6.92 Å². The van der Waals surface area contributed by atoms with Gasteiger partial charge in [-0.05, 0) is 109 Å². The Kier molecular flexibility index (Phi) is 7.67. The number of benzene rings is 4. The smallest absolute Gasteiger partial charge is 0.294 e. The number of allylic oxidation sites excluding steroid dienone is 8. The lowest BCUT2D eigenvalue weighted by atomic mass is 9.78. The average Bonchev–Trinajstić information content (AvgIpc) is 3.35. The molecule has 0 bridgehead atoms. The van der Waals surface area contributed by atoms with E-state index in [9.17, 15) is 13.0 Å². The zero-order valence-electron chi connectivity index (χ0n) is 28.6. The molecule has 48 heavy (non-hydrogen) atoms. The molecule has 246 valence electrons. The maximum absolute atomic E-state index is 11.8. The van der Waals surface area contributed by atoms with E-state index in [1.54, 1.807) is 6.07 Å². The molecule has 0 atom stereocenters. The van der Waals surface area contributed by atoms with Crippen LogP contribution in [0.15, 0.2) is 112 Å². The molecule has 7 heteroatoms. The van der Waals surface area contributed by atoms with Crippen molar-refractivity contribution in [3.05, 3.63) is 124 Å². The fourth-order valence-corrected chi connectivity index (χ4v) is 9.16. The molecule has 3 aliphatic rings. The summed E-state index contributed by atoms with van der Waals surface area (Å²) in [5, 5.41) is 5.16. The summed E-state index contributed by atoms with van der Waals surface area (Å²) in [6, 6.07) is 20.0. The third kappa shape index (κ3) is 5.08. The highest BCUT2D eigenvalue weighted by molar-refractivity contribution is 7.85. The Morgan fingerprint density at radius 3 is 2.29 bits per heavy atom. The summed E-state index contributed by atoms with van der Waals surface area (Å²) < 4.78 is 35.5. The summed E-state index contributed by atoms with van der Waals surface area (Å²) in [7, 11) is -0.0495. The number of rotatable bonds is 4. The van der Waals surface area contributed by atoms with Gasteiger partial charge in [0.15, 0.2) is 5.71 Å². The lowest BCUT2D eigenvalue weighted by Crippen LogP contribution is -2.27. The van der Waals surface area contributed by atoms with Crippen molar-refractivity contribution < 1.29 is 17.5 Å². The minimum absolute atomic E-state index is 0.0992. The second kappa shape index (κ2) is 11.3. The largest absolute Gasteiger partial charge is 0.347 e. The van der Waals surface area contributed by atoms with Crippen molar-refractivity contribution in [2.45, 2.75) is 69.6 Å². The van der Waals surface area contributed by atoms with Crippen LogP contribution < -0.4 is 4.90 Å². The van der Waals surface area contributed by atoms with E-state index in [0.717, 1.165) is 63.2 Å². The van der Waals surface area contributed by atoms with Crippen molar-refractivity contribution in [3.63, 3.8) is 0 Å². The summed E-state index contributed by atoms with van der Waals surface area (Å²) >= 11 is 7.16. The molecular formula is C41H42ClN2O3S+. The molecule has 0 fully saturated rings. The van der Waals surface area contributed by atoms with E-state index in [0.29, 0.717) is 0 Å². The lowest BCUT2D eigenvalue weighted by Gasteiger charge is -2.25. The quantitative estimate of drug-likeness (QED) is 0.173. The van der Waals surface area contributed by atoms with Gasteiger partial charge in [-0.1, -0.05) is 73.5 Å². The molecule has 5 nitrogen and oxygen atoms in total. The summed E-state index contributed by atoms with van der Waals surface area (Å²) in [4.78, 5) is 2.11. The van der Waals surface area contributed by atoms with Gasteiger partial charge in [-0.25, -0.2) is 0 Å². The Labute approximate surface area is 289 Å². The van der Waals surface area contributed by atoms with Gasteiger partial charge in [0.05, 0.1) is 10.3 Å². The van der Waals surface area contributed by atoms with Crippen LogP contribution in [0.1, 0.15) is 63.6 Å². The van der Waals surface area contributed by atoms with Gasteiger partial charge in [-0.2, -0.15) is 13.0 Å². The Balaban J connectivity index is 1.21. The minimum Gasteiger partial charge on any atom is -0.347 e. The standard InChI is InChI=1S/C41H41ClN2O3S/c1-25-11-17-31-28(23-25)12-19-33-37(31)40(2,3)35(43(33)6)21-14-26-9-8-10-27(39(26)42)15-22-36-41(4,5)38-32-18-16-30(48(45,46)47)24-29(32)13-20-34(38)44(36)7/h11-24H,8-10H2,1-7H3/p+1. The van der Waals surface area contributed by atoms with E-state index in [-0.39, 0.29) is 15.7 Å². The molecule has 0 aromatic heterocycles. The molecule has 7 rings (SSSR count). The zero-order chi connectivity index (χ0) is 34.3. The zero-order valence-corrected chi connectivity index (χ0v) is 30.2. The molecular weight excluding hydrogens is 636 g/mol. The number of anilines is 1. The molecule has 1 aliphatic carbocycles. The maximum Gasteiger partial charge on any atom is 0.294 e. The van der Waals surface area contributed by atoms with Crippen molar-refractivity contribution in [2.75, 3.05) is 19.0 Å². The van der Waals surface area contributed by atoms with Gasteiger partial charge in [-0.15, -0.1) is 0 Å². The molecule has 2 aliphatic heterocycles. The average molecular weight is 678 g/mol. The van der Waals surface area contributed by atoms with Crippen LogP contribution in [0.25, 0.3) is 21.5 Å². The first kappa shape index (κ1) is 32.6. The number of hydrogen-bond acceptors (Lipinski definition) is 3. The molecule has 0 saturated heterocycles. The molecule has 0 radical (unpaired) electrons. The topological polar surface area (TPSA) is 60.6 Å². The van der Waals surface area contributed by atoms with Gasteiger partial charge in [0.2, 0.25) is 5.69 Å². The molecule has 4 aromatic rings. The maximum atomic E-state index is 11.8. The van der Waals surface area contributed by atoms with E-state index < -0.39 is 10.1 Å². The number of fused-ring (bicyclic) bond motifs is 6. The van der Waals surface area contributed by atoms with Crippen LogP contribution >= 0.6 is 11.6 Å². The minimum atomic E-state index is -4.28. The first-order valence-corrected chi connectivity index (χ1v) is 18.3. The van der Waals surface area contributed by atoms with Gasteiger partial charge in [0.1, 0.15) is 7.05 Å². The lowest BCUT2D eigenvalue weighted by molar-refractivity contribution is -0.401. The highest BCUT2D eigenvalue weighted by Crippen LogP contribution is 2.50. The molecule has 1 N–H and O–H groups in total. The molecule has 4 aromatic carbocycles. The van der Waals surface area contributed by atoms with E-state index in [4.69, 9.17) is 11.6 Å². The SMILES string of the molecule is Cc1ccc2c3c(ccc2c1)[N+](C)=C(/C=C/C1=C(Cl)C(=C/C=C2/N(C)c4ccc5cc(S(=O)(=O)O)ccc5c4C2(C)C)/CCC1)C3(C)C. The summed E-state index contributed by atoms with van der Waals surface area (Å²) in [6.45, 7) is 11.2. The Bertz CT molecular complexity index is 2340. The van der Waals surface area contributed by atoms with Crippen LogP contribution in [0.3, 0.4) is 0 Å². The first-order valence-electron chi connectivity index (χ1n) is 16.5. The number of aryl methyl sites for hydroxylation is 1. The van der Waals surface area contributed by atoms with Crippen LogP contribution in [0.2, 0.25) is 0 Å². The normalized spacial score (nSPS) is 20.6. The fraction of sp³-hybridized carbons (Fsp3) is 0.293. The molecule has 0 saturated carbocycles. The second-order valence-corrected chi connectivity index (χ2v) is 16.3. The van der Waals surface area contributed by atoms with E-state index in [1.807, 2.05) is 12.1 Å². The van der Waals surface area contributed by atoms with Gasteiger partial charge in [0, 0.05) is 46.6 Å². The van der Waals surface area contributed by atoms with Crippen molar-refractivity contribution >= 4 is 60.4 Å². The van der Waals surface area contributed by atoms with Crippen molar-refractivity contribution in [1.29, 1.82) is 0 Å². The van der Waals surface area contributed by atoms with Crippen LogP contribution in [0.4, 0.5) is 11.4 Å². The third-order valence-electron chi connectivity index (χ3n) is 10.7. The summed E-state index contributed by atoms with van der Waals surface area (Å²) in [5.41, 5.74) is 10.3. The van der Waals surface area contributed by atoms with Gasteiger partial charge < -0.3 is 4.90 Å². The van der Waals surface area contributed by atoms with E-state index in [1.165, 1.54) is 45.4 Å². The first-order chi connectivity index (χ1) is 22.6. The molecule has 0 unspecified atom stereocenters. The number of hydrogen-bond donors (Lipinski definition) is 1. The van der Waals surface area contributed by atoms with Crippen molar-refractivity contribution in [1.82, 2.24) is 0 Å². The highest BCUT2D eigenvalue weighted by atomic mass is 35.5. The Morgan fingerprint density at radius 2 is 1.54 bits per heavy atom. The van der Waals surface area contributed by atoms with Crippen LogP contribution in [-0.2, 0) is 20.9 Å². The summed E-state index contributed by atoms with van der Waals surface area (Å²) in [5.74, 6) is 0. The van der Waals surface area contributed by atoms with E-state index >= 15 is 0 Å². The van der Waals surface area contributed by atoms with Crippen molar-refractivity contribution in [2.24, 2.45) is 0 Å². The number of likely N-dealkylation sites (N-methyl/N-ethyl adjacent to an activating group) is 1. The Morgan fingerprint density at radius 1 is 0.854 bits per heavy atom. The molecule has 0 amide bonds. The van der Waals surface area contributed by atoms with E-state index in [2.05, 4.69) is 113 Å². The van der Waals surface area contributed by atoms with Gasteiger partial charge >= 0.3 is 0 Å². The predicted octanol–water partition coefficient (Wildman–Crippen LogP) is 10.0. The van der Waals surface area contributed by atoms with Crippen molar-refractivity contribution in [3.8, 4) is 0 Å². The highest BCUT2D eigenvalue weighted by Gasteiger charge is 2.44. The number of halogens is 1. The summed E-state index contributed by atoms with van der Waals surface area (Å²) in [6.07, 6.45) is 11.7. The third-order valence-corrected chi connectivity index (χ3v) is 12.1. The monoisotopic (exact) mass is 677 g/mol. The Hall–Kier alpha value is -3.97. The van der Waals surface area contributed by atoms with Gasteiger partial charge in [0.25, 0.3) is 10.1 Å². The predicted molar refractivity (Wildman–Crippen MR) is 200 cm³/mol. The van der Waals surface area contributed by atoms with Crippen LogP contribution in [-0.4, -0.2) is 37.4 Å². The molecule has 2 heterocycles.